The first-order valence-electron chi connectivity index (χ1n) is 8.65. The van der Waals surface area contributed by atoms with E-state index in [1.54, 1.807) is 13.3 Å². The number of carbonyl (C=O) groups excluding carboxylic acids is 1. The number of rotatable bonds is 4. The van der Waals surface area contributed by atoms with Crippen LogP contribution in [0.3, 0.4) is 0 Å². The van der Waals surface area contributed by atoms with Gasteiger partial charge in [-0.25, -0.2) is 10.9 Å². The van der Waals surface area contributed by atoms with Gasteiger partial charge in [-0.05, 0) is 42.3 Å². The highest BCUT2D eigenvalue weighted by molar-refractivity contribution is 9.10. The summed E-state index contributed by atoms with van der Waals surface area (Å²) in [5.74, 6) is 0.705. The van der Waals surface area contributed by atoms with Gasteiger partial charge in [0.25, 0.3) is 0 Å². The van der Waals surface area contributed by atoms with Crippen molar-refractivity contribution in [2.24, 2.45) is 0 Å². The third-order valence-corrected chi connectivity index (χ3v) is 5.38. The molecule has 2 unspecified atom stereocenters. The molecule has 1 aliphatic rings. The molecule has 0 saturated carbocycles. The van der Waals surface area contributed by atoms with E-state index in [-0.39, 0.29) is 18.0 Å². The number of methoxy groups -OCH3 is 1. The van der Waals surface area contributed by atoms with Gasteiger partial charge in [0.2, 0.25) is 5.91 Å². The van der Waals surface area contributed by atoms with Crippen LogP contribution in [0.4, 0.5) is 5.69 Å². The lowest BCUT2D eigenvalue weighted by Crippen LogP contribution is -2.39. The second kappa shape index (κ2) is 7.64. The fourth-order valence-electron chi connectivity index (χ4n) is 3.26. The lowest BCUT2D eigenvalue weighted by molar-refractivity contribution is -0.117. The monoisotopic (exact) mass is 426 g/mol. The molecule has 1 saturated heterocycles. The first kappa shape index (κ1) is 17.9. The van der Waals surface area contributed by atoms with Crippen molar-refractivity contribution in [3.8, 4) is 5.75 Å². The Bertz CT molecular complexity index is 995. The third-order valence-electron chi connectivity index (χ3n) is 4.69. The SMILES string of the molecule is COc1cccc(C2CC(C(=O)Nc3ccc(Br)c4cccnc34)NN2)c1. The molecule has 1 aliphatic heterocycles. The van der Waals surface area contributed by atoms with Crippen LogP contribution >= 0.6 is 15.9 Å². The Morgan fingerprint density at radius 1 is 1.22 bits per heavy atom. The van der Waals surface area contributed by atoms with E-state index in [0.29, 0.717) is 12.1 Å². The number of hydrogen-bond acceptors (Lipinski definition) is 5. The van der Waals surface area contributed by atoms with Gasteiger partial charge in [0.05, 0.1) is 18.3 Å². The average Bonchev–Trinajstić information content (AvgIpc) is 3.21. The van der Waals surface area contributed by atoms with Gasteiger partial charge in [0, 0.05) is 22.1 Å². The summed E-state index contributed by atoms with van der Waals surface area (Å²) in [7, 11) is 1.65. The molecule has 138 valence electrons. The largest absolute Gasteiger partial charge is 0.497 e. The van der Waals surface area contributed by atoms with Crippen molar-refractivity contribution in [1.82, 2.24) is 15.8 Å². The molecule has 7 heteroatoms. The van der Waals surface area contributed by atoms with Gasteiger partial charge >= 0.3 is 0 Å². The van der Waals surface area contributed by atoms with E-state index in [1.807, 2.05) is 48.5 Å². The van der Waals surface area contributed by atoms with Crippen LogP contribution in [-0.4, -0.2) is 24.0 Å². The predicted molar refractivity (Wildman–Crippen MR) is 108 cm³/mol. The number of nitrogens with one attached hydrogen (secondary N) is 3. The second-order valence-corrected chi connectivity index (χ2v) is 7.24. The van der Waals surface area contributed by atoms with Crippen molar-refractivity contribution >= 4 is 38.4 Å². The summed E-state index contributed by atoms with van der Waals surface area (Å²) in [6.07, 6.45) is 2.36. The van der Waals surface area contributed by atoms with E-state index in [0.717, 1.165) is 26.7 Å². The smallest absolute Gasteiger partial charge is 0.242 e. The maximum absolute atomic E-state index is 12.8. The van der Waals surface area contributed by atoms with E-state index in [4.69, 9.17) is 4.74 Å². The van der Waals surface area contributed by atoms with Crippen molar-refractivity contribution in [1.29, 1.82) is 0 Å². The normalized spacial score (nSPS) is 19.2. The lowest BCUT2D eigenvalue weighted by atomic mass is 10.0. The third kappa shape index (κ3) is 3.66. The highest BCUT2D eigenvalue weighted by Crippen LogP contribution is 2.29. The summed E-state index contributed by atoms with van der Waals surface area (Å²) in [6.45, 7) is 0. The van der Waals surface area contributed by atoms with Gasteiger partial charge in [-0.2, -0.15) is 0 Å². The van der Waals surface area contributed by atoms with E-state index in [9.17, 15) is 4.79 Å². The zero-order valence-corrected chi connectivity index (χ0v) is 16.3. The molecule has 6 nitrogen and oxygen atoms in total. The Hall–Kier alpha value is -2.48. The second-order valence-electron chi connectivity index (χ2n) is 6.39. The summed E-state index contributed by atoms with van der Waals surface area (Å²) >= 11 is 3.52. The summed E-state index contributed by atoms with van der Waals surface area (Å²) in [5, 5.41) is 3.96. The quantitative estimate of drug-likeness (QED) is 0.594. The summed E-state index contributed by atoms with van der Waals surface area (Å²) in [6, 6.07) is 15.2. The maximum atomic E-state index is 12.8. The van der Waals surface area contributed by atoms with Crippen LogP contribution < -0.4 is 20.9 Å². The Labute approximate surface area is 165 Å². The van der Waals surface area contributed by atoms with Crippen LogP contribution in [0.15, 0.2) is 59.2 Å². The van der Waals surface area contributed by atoms with Gasteiger partial charge in [-0.1, -0.05) is 34.1 Å². The number of benzene rings is 2. The van der Waals surface area contributed by atoms with Crippen molar-refractivity contribution in [3.63, 3.8) is 0 Å². The number of pyridine rings is 1. The molecule has 0 bridgehead atoms. The summed E-state index contributed by atoms with van der Waals surface area (Å²) in [5.41, 5.74) is 8.82. The van der Waals surface area contributed by atoms with Gasteiger partial charge in [-0.15, -0.1) is 0 Å². The van der Waals surface area contributed by atoms with Crippen molar-refractivity contribution < 1.29 is 9.53 Å². The van der Waals surface area contributed by atoms with Crippen molar-refractivity contribution in [2.75, 3.05) is 12.4 Å². The highest BCUT2D eigenvalue weighted by Gasteiger charge is 2.30. The first-order chi connectivity index (χ1) is 13.2. The van der Waals surface area contributed by atoms with Crippen LogP contribution in [-0.2, 0) is 4.79 Å². The average molecular weight is 427 g/mol. The summed E-state index contributed by atoms with van der Waals surface area (Å²) < 4.78 is 6.23. The van der Waals surface area contributed by atoms with Crippen LogP contribution in [0.2, 0.25) is 0 Å². The van der Waals surface area contributed by atoms with Crippen molar-refractivity contribution in [3.05, 3.63) is 64.8 Å². The standard InChI is InChI=1S/C20H19BrN4O2/c1-27-13-5-2-4-12(10-13)17-11-18(25-24-17)20(26)23-16-8-7-15(21)14-6-3-9-22-19(14)16/h2-10,17-18,24-25H,11H2,1H3,(H,23,26). The van der Waals surface area contributed by atoms with Gasteiger partial charge in [-0.3, -0.25) is 9.78 Å². The molecule has 1 fully saturated rings. The molecule has 0 aliphatic carbocycles. The molecule has 1 amide bonds. The zero-order chi connectivity index (χ0) is 18.8. The number of nitrogens with zero attached hydrogens (tertiary/aromatic N) is 1. The van der Waals surface area contributed by atoms with E-state index in [1.165, 1.54) is 0 Å². The van der Waals surface area contributed by atoms with E-state index >= 15 is 0 Å². The van der Waals surface area contributed by atoms with E-state index in [2.05, 4.69) is 37.1 Å². The number of halogens is 1. The van der Waals surface area contributed by atoms with Crippen LogP contribution in [0.5, 0.6) is 5.75 Å². The Balaban J connectivity index is 1.49. The topological polar surface area (TPSA) is 75.3 Å². The van der Waals surface area contributed by atoms with Crippen LogP contribution in [0.1, 0.15) is 18.0 Å². The molecule has 27 heavy (non-hydrogen) atoms. The molecule has 2 atom stereocenters. The molecular formula is C20H19BrN4O2. The highest BCUT2D eigenvalue weighted by atomic mass is 79.9. The van der Waals surface area contributed by atoms with Gasteiger partial charge in [0.15, 0.2) is 0 Å². The predicted octanol–water partition coefficient (Wildman–Crippen LogP) is 3.55. The Morgan fingerprint density at radius 2 is 2.11 bits per heavy atom. The molecule has 3 N–H and O–H groups in total. The molecule has 0 radical (unpaired) electrons. The molecular weight excluding hydrogens is 408 g/mol. The maximum Gasteiger partial charge on any atom is 0.242 e. The fraction of sp³-hybridized carbons (Fsp3) is 0.200. The molecule has 2 aromatic carbocycles. The van der Waals surface area contributed by atoms with Crippen LogP contribution in [0, 0.1) is 0 Å². The number of hydrazine groups is 1. The number of amides is 1. The Kier molecular flexibility index (Phi) is 5.07. The summed E-state index contributed by atoms with van der Waals surface area (Å²) in [4.78, 5) is 17.2. The zero-order valence-electron chi connectivity index (χ0n) is 14.7. The van der Waals surface area contributed by atoms with E-state index < -0.39 is 0 Å². The van der Waals surface area contributed by atoms with Gasteiger partial charge in [0.1, 0.15) is 11.8 Å². The minimum atomic E-state index is -0.344. The molecule has 1 aromatic heterocycles. The lowest BCUT2D eigenvalue weighted by Gasteiger charge is -2.13. The number of carbonyl (C=O) groups is 1. The molecule has 3 aromatic rings. The van der Waals surface area contributed by atoms with Crippen LogP contribution in [0.25, 0.3) is 10.9 Å². The van der Waals surface area contributed by atoms with Crippen molar-refractivity contribution in [2.45, 2.75) is 18.5 Å². The fourth-order valence-corrected chi connectivity index (χ4v) is 3.72. The number of fused-ring (bicyclic) bond motifs is 1. The number of ether oxygens (including phenoxy) is 1. The first-order valence-corrected chi connectivity index (χ1v) is 9.44. The molecule has 4 rings (SSSR count). The minimum absolute atomic E-state index is 0.0376. The Morgan fingerprint density at radius 3 is 2.96 bits per heavy atom. The number of hydrogen-bond donors (Lipinski definition) is 3. The minimum Gasteiger partial charge on any atom is -0.497 e. The molecule has 2 heterocycles. The molecule has 0 spiro atoms. The number of anilines is 1. The van der Waals surface area contributed by atoms with Gasteiger partial charge < -0.3 is 10.1 Å². The number of aromatic nitrogens is 1.